The number of aryl methyl sites for hydroxylation is 1. The Bertz CT molecular complexity index is 615. The van der Waals surface area contributed by atoms with E-state index in [9.17, 15) is 13.2 Å². The van der Waals surface area contributed by atoms with Gasteiger partial charge in [-0.2, -0.15) is 4.31 Å². The van der Waals surface area contributed by atoms with Gasteiger partial charge in [-0.3, -0.25) is 0 Å². The van der Waals surface area contributed by atoms with Crippen molar-refractivity contribution in [1.29, 1.82) is 0 Å². The fourth-order valence-corrected chi connectivity index (χ4v) is 5.89. The van der Waals surface area contributed by atoms with Crippen LogP contribution in [-0.2, 0) is 10.0 Å². The van der Waals surface area contributed by atoms with Crippen LogP contribution < -0.4 is 0 Å². The minimum absolute atomic E-state index is 0.0817. The van der Waals surface area contributed by atoms with Crippen molar-refractivity contribution in [3.8, 4) is 0 Å². The first-order valence-electron chi connectivity index (χ1n) is 6.46. The first-order chi connectivity index (χ1) is 9.73. The maximum Gasteiger partial charge on any atom is 0.319 e. The lowest BCUT2D eigenvalue weighted by atomic mass is 10.4. The second-order valence-corrected chi connectivity index (χ2v) is 9.63. The number of amides is 2. The minimum Gasteiger partial charge on any atom is -0.331 e. The molecule has 21 heavy (non-hydrogen) atoms. The largest absolute Gasteiger partial charge is 0.331 e. The fourth-order valence-electron chi connectivity index (χ4n) is 2.09. The third-order valence-electron chi connectivity index (χ3n) is 3.32. The van der Waals surface area contributed by atoms with E-state index in [2.05, 4.69) is 15.9 Å². The fraction of sp³-hybridized carbons (Fsp3) is 0.583. The lowest BCUT2D eigenvalue weighted by Crippen LogP contribution is -2.52. The van der Waals surface area contributed by atoms with Gasteiger partial charge in [0.25, 0.3) is 10.0 Å². The molecule has 0 saturated carbocycles. The van der Waals surface area contributed by atoms with E-state index >= 15 is 0 Å². The van der Waals surface area contributed by atoms with E-state index in [1.165, 1.54) is 20.5 Å². The first-order valence-corrected chi connectivity index (χ1v) is 9.50. The molecule has 6 nitrogen and oxygen atoms in total. The van der Waals surface area contributed by atoms with E-state index in [1.807, 2.05) is 6.92 Å². The van der Waals surface area contributed by atoms with Crippen molar-refractivity contribution in [2.24, 2.45) is 0 Å². The van der Waals surface area contributed by atoms with Gasteiger partial charge in [-0.05, 0) is 34.5 Å². The van der Waals surface area contributed by atoms with Crippen LogP contribution in [0.5, 0.6) is 0 Å². The van der Waals surface area contributed by atoms with E-state index in [0.717, 1.165) is 9.35 Å². The summed E-state index contributed by atoms with van der Waals surface area (Å²) < 4.78 is 27.8. The third-order valence-corrected chi connectivity index (χ3v) is 7.80. The van der Waals surface area contributed by atoms with E-state index in [-0.39, 0.29) is 6.03 Å². The molecule has 1 fully saturated rings. The standard InChI is InChI=1S/C12H18BrN3O3S2/c1-9-8-10(20-11(9)13)21(18,19)16-6-4-15(5-7-16)12(17)14(2)3/h8H,4-7H2,1-3H3. The Balaban J connectivity index is 2.09. The molecule has 0 aliphatic carbocycles. The molecule has 1 aromatic heterocycles. The minimum atomic E-state index is -3.46. The zero-order chi connectivity index (χ0) is 15.8. The van der Waals surface area contributed by atoms with Crippen LogP contribution in [0.1, 0.15) is 5.56 Å². The van der Waals surface area contributed by atoms with Gasteiger partial charge in [0.15, 0.2) is 0 Å². The maximum absolute atomic E-state index is 12.6. The second-order valence-electron chi connectivity index (χ2n) is 5.09. The molecule has 9 heteroatoms. The Morgan fingerprint density at radius 3 is 2.29 bits per heavy atom. The number of hydrogen-bond acceptors (Lipinski definition) is 4. The molecule has 1 saturated heterocycles. The van der Waals surface area contributed by atoms with E-state index in [0.29, 0.717) is 30.4 Å². The molecular formula is C12H18BrN3O3S2. The summed E-state index contributed by atoms with van der Waals surface area (Å²) in [6.45, 7) is 3.36. The molecule has 2 heterocycles. The average molecular weight is 396 g/mol. The molecule has 1 aromatic rings. The van der Waals surface area contributed by atoms with Gasteiger partial charge < -0.3 is 9.80 Å². The maximum atomic E-state index is 12.6. The van der Waals surface area contributed by atoms with Crippen molar-refractivity contribution in [3.63, 3.8) is 0 Å². The second kappa shape index (κ2) is 6.23. The average Bonchev–Trinajstić information content (AvgIpc) is 2.78. The van der Waals surface area contributed by atoms with Gasteiger partial charge in [-0.1, -0.05) is 0 Å². The quantitative estimate of drug-likeness (QED) is 0.766. The van der Waals surface area contributed by atoms with Crippen molar-refractivity contribution in [2.75, 3.05) is 40.3 Å². The van der Waals surface area contributed by atoms with Crippen LogP contribution in [0.4, 0.5) is 4.79 Å². The van der Waals surface area contributed by atoms with Crippen LogP contribution in [0.25, 0.3) is 0 Å². The highest BCUT2D eigenvalue weighted by Gasteiger charge is 2.31. The number of carbonyl (C=O) groups is 1. The summed E-state index contributed by atoms with van der Waals surface area (Å²) in [5.41, 5.74) is 0.917. The van der Waals surface area contributed by atoms with Crippen molar-refractivity contribution in [1.82, 2.24) is 14.1 Å². The number of nitrogens with zero attached hydrogens (tertiary/aromatic N) is 3. The number of urea groups is 1. The van der Waals surface area contributed by atoms with Gasteiger partial charge in [0.2, 0.25) is 0 Å². The summed E-state index contributed by atoms with van der Waals surface area (Å²) in [4.78, 5) is 15.0. The Kier molecular flexibility index (Phi) is 4.96. The Morgan fingerprint density at radius 2 is 1.86 bits per heavy atom. The van der Waals surface area contributed by atoms with Gasteiger partial charge in [0, 0.05) is 40.3 Å². The Hall–Kier alpha value is -0.640. The summed E-state index contributed by atoms with van der Waals surface area (Å²) in [6, 6.07) is 1.60. The zero-order valence-electron chi connectivity index (χ0n) is 12.2. The van der Waals surface area contributed by atoms with Crippen LogP contribution in [0.3, 0.4) is 0 Å². The van der Waals surface area contributed by atoms with Gasteiger partial charge in [-0.15, -0.1) is 11.3 Å². The molecule has 0 spiro atoms. The van der Waals surface area contributed by atoms with Crippen LogP contribution in [0.15, 0.2) is 14.1 Å². The van der Waals surface area contributed by atoms with Crippen LogP contribution in [0, 0.1) is 6.92 Å². The summed E-state index contributed by atoms with van der Waals surface area (Å²) >= 11 is 4.58. The molecule has 2 rings (SSSR count). The molecular weight excluding hydrogens is 378 g/mol. The summed E-state index contributed by atoms with van der Waals surface area (Å²) in [7, 11) is -0.0791. The molecule has 1 aliphatic heterocycles. The van der Waals surface area contributed by atoms with Crippen LogP contribution >= 0.6 is 27.3 Å². The number of rotatable bonds is 2. The number of thiophene rings is 1. The van der Waals surface area contributed by atoms with Crippen molar-refractivity contribution < 1.29 is 13.2 Å². The molecule has 0 unspecified atom stereocenters. The highest BCUT2D eigenvalue weighted by molar-refractivity contribution is 9.11. The predicted molar refractivity (Wildman–Crippen MR) is 86.2 cm³/mol. The monoisotopic (exact) mass is 395 g/mol. The van der Waals surface area contributed by atoms with Gasteiger partial charge in [0.05, 0.1) is 3.79 Å². The van der Waals surface area contributed by atoms with Crippen LogP contribution in [-0.4, -0.2) is 68.8 Å². The number of piperazine rings is 1. The topological polar surface area (TPSA) is 60.9 Å². The lowest BCUT2D eigenvalue weighted by molar-refractivity contribution is 0.149. The van der Waals surface area contributed by atoms with E-state index in [4.69, 9.17) is 0 Å². The molecule has 2 amide bonds. The summed E-state index contributed by atoms with van der Waals surface area (Å²) in [6.07, 6.45) is 0. The smallest absolute Gasteiger partial charge is 0.319 e. The SMILES string of the molecule is Cc1cc(S(=O)(=O)N2CCN(C(=O)N(C)C)CC2)sc1Br. The number of halogens is 1. The molecule has 1 aliphatic rings. The third kappa shape index (κ3) is 3.41. The Labute approximate surface area is 137 Å². The number of sulfonamides is 1. The first kappa shape index (κ1) is 16.7. The molecule has 0 radical (unpaired) electrons. The molecule has 0 atom stereocenters. The summed E-state index contributed by atoms with van der Waals surface area (Å²) in [5, 5.41) is 0. The highest BCUT2D eigenvalue weighted by atomic mass is 79.9. The van der Waals surface area contributed by atoms with E-state index in [1.54, 1.807) is 25.1 Å². The van der Waals surface area contributed by atoms with Crippen LogP contribution in [0.2, 0.25) is 0 Å². The number of hydrogen-bond donors (Lipinski definition) is 0. The van der Waals surface area contributed by atoms with Crippen molar-refractivity contribution in [3.05, 3.63) is 15.4 Å². The number of carbonyl (C=O) groups excluding carboxylic acids is 1. The van der Waals surface area contributed by atoms with Gasteiger partial charge >= 0.3 is 6.03 Å². The summed E-state index contributed by atoms with van der Waals surface area (Å²) in [5.74, 6) is 0. The molecule has 0 N–H and O–H groups in total. The predicted octanol–water partition coefficient (Wildman–Crippen LogP) is 1.81. The Morgan fingerprint density at radius 1 is 1.29 bits per heavy atom. The normalized spacial score (nSPS) is 17.0. The molecule has 0 aromatic carbocycles. The molecule has 118 valence electrons. The molecule has 0 bridgehead atoms. The zero-order valence-corrected chi connectivity index (χ0v) is 15.4. The van der Waals surface area contributed by atoms with Gasteiger partial charge in [0.1, 0.15) is 4.21 Å². The van der Waals surface area contributed by atoms with Crippen molar-refractivity contribution >= 4 is 43.3 Å². The van der Waals surface area contributed by atoms with Gasteiger partial charge in [-0.25, -0.2) is 13.2 Å². The highest BCUT2D eigenvalue weighted by Crippen LogP contribution is 2.32. The van der Waals surface area contributed by atoms with Crippen molar-refractivity contribution in [2.45, 2.75) is 11.1 Å². The van der Waals surface area contributed by atoms with E-state index < -0.39 is 10.0 Å². The lowest BCUT2D eigenvalue weighted by Gasteiger charge is -2.34.